The Labute approximate surface area is 134 Å². The highest BCUT2D eigenvalue weighted by Crippen LogP contribution is 2.26. The number of nitrogens with two attached hydrogens (primary N) is 1. The molecule has 3 nitrogen and oxygen atoms in total. The average Bonchev–Trinajstić information content (AvgIpc) is 2.52. The highest BCUT2D eigenvalue weighted by molar-refractivity contribution is 5.85. The van der Waals surface area contributed by atoms with Crippen molar-refractivity contribution in [3.8, 4) is 0 Å². The van der Waals surface area contributed by atoms with Gasteiger partial charge in [-0.1, -0.05) is 49.6 Å². The molecular formula is C17H27ClN2O. The van der Waals surface area contributed by atoms with Crippen molar-refractivity contribution in [1.29, 1.82) is 0 Å². The van der Waals surface area contributed by atoms with Crippen molar-refractivity contribution in [2.75, 3.05) is 6.54 Å². The third kappa shape index (κ3) is 6.06. The lowest BCUT2D eigenvalue weighted by molar-refractivity contribution is -0.122. The van der Waals surface area contributed by atoms with Crippen LogP contribution in [0.25, 0.3) is 0 Å². The lowest BCUT2D eigenvalue weighted by Gasteiger charge is -2.30. The van der Waals surface area contributed by atoms with E-state index in [-0.39, 0.29) is 24.4 Å². The Kier molecular flexibility index (Phi) is 8.40. The molecular weight excluding hydrogens is 284 g/mol. The lowest BCUT2D eigenvalue weighted by atomic mass is 9.84. The molecule has 0 saturated heterocycles. The first-order valence-electron chi connectivity index (χ1n) is 7.83. The summed E-state index contributed by atoms with van der Waals surface area (Å²) in [4.78, 5) is 12.1. The summed E-state index contributed by atoms with van der Waals surface area (Å²) in [7, 11) is 0. The fourth-order valence-electron chi connectivity index (χ4n) is 3.09. The molecule has 1 unspecified atom stereocenters. The van der Waals surface area contributed by atoms with E-state index >= 15 is 0 Å². The van der Waals surface area contributed by atoms with Gasteiger partial charge in [0.25, 0.3) is 0 Å². The van der Waals surface area contributed by atoms with Crippen molar-refractivity contribution in [2.45, 2.75) is 51.0 Å². The Morgan fingerprint density at radius 2 is 1.86 bits per heavy atom. The Hall–Kier alpha value is -1.06. The number of aryl methyl sites for hydroxylation is 1. The highest BCUT2D eigenvalue weighted by Gasteiger charge is 2.23. The summed E-state index contributed by atoms with van der Waals surface area (Å²) in [5.74, 6) is 0.712. The van der Waals surface area contributed by atoms with Crippen LogP contribution in [0.15, 0.2) is 30.3 Å². The van der Waals surface area contributed by atoms with Gasteiger partial charge in [-0.2, -0.15) is 0 Å². The van der Waals surface area contributed by atoms with Crippen molar-refractivity contribution in [3.63, 3.8) is 0 Å². The standard InChI is InChI=1S/C17H26N2O.ClH/c18-13-16(15-9-5-2-6-10-15)19-17(20)12-11-14-7-3-1-4-8-14;/h1,3-4,7-8,15-16H,2,5-6,9-13,18H2,(H,19,20);1H. The smallest absolute Gasteiger partial charge is 0.220 e. The summed E-state index contributed by atoms with van der Waals surface area (Å²) in [6.07, 6.45) is 7.65. The van der Waals surface area contributed by atoms with Crippen LogP contribution < -0.4 is 11.1 Å². The minimum absolute atomic E-state index is 0. The van der Waals surface area contributed by atoms with Gasteiger partial charge in [0.1, 0.15) is 0 Å². The van der Waals surface area contributed by atoms with Crippen LogP contribution in [0.2, 0.25) is 0 Å². The highest BCUT2D eigenvalue weighted by atomic mass is 35.5. The summed E-state index contributed by atoms with van der Waals surface area (Å²) in [6, 6.07) is 10.3. The maximum atomic E-state index is 12.1. The van der Waals surface area contributed by atoms with Crippen molar-refractivity contribution >= 4 is 18.3 Å². The third-order valence-electron chi connectivity index (χ3n) is 4.30. The topological polar surface area (TPSA) is 55.1 Å². The number of nitrogens with one attached hydrogen (secondary N) is 1. The zero-order chi connectivity index (χ0) is 14.2. The first kappa shape index (κ1) is 18.0. The SMILES string of the molecule is Cl.NCC(NC(=O)CCc1ccccc1)C1CCCCC1. The second kappa shape index (κ2) is 9.80. The zero-order valence-corrected chi connectivity index (χ0v) is 13.4. The predicted molar refractivity (Wildman–Crippen MR) is 89.6 cm³/mol. The molecule has 1 atom stereocenters. The van der Waals surface area contributed by atoms with Gasteiger partial charge in [-0.05, 0) is 30.7 Å². The van der Waals surface area contributed by atoms with Gasteiger partial charge in [0, 0.05) is 19.0 Å². The lowest BCUT2D eigenvalue weighted by Crippen LogP contribution is -2.45. The number of hydrogen-bond acceptors (Lipinski definition) is 2. The van der Waals surface area contributed by atoms with Crippen LogP contribution in [-0.2, 0) is 11.2 Å². The number of amides is 1. The second-order valence-corrected chi connectivity index (χ2v) is 5.79. The quantitative estimate of drug-likeness (QED) is 0.848. The molecule has 0 radical (unpaired) electrons. The Balaban J connectivity index is 0.00000220. The number of benzene rings is 1. The molecule has 2 rings (SSSR count). The van der Waals surface area contributed by atoms with Gasteiger partial charge >= 0.3 is 0 Å². The molecule has 0 heterocycles. The zero-order valence-electron chi connectivity index (χ0n) is 12.6. The van der Waals surface area contributed by atoms with E-state index in [2.05, 4.69) is 17.4 Å². The van der Waals surface area contributed by atoms with E-state index in [0.717, 1.165) is 6.42 Å². The fraction of sp³-hybridized carbons (Fsp3) is 0.588. The number of hydrogen-bond donors (Lipinski definition) is 2. The summed E-state index contributed by atoms with van der Waals surface area (Å²) >= 11 is 0. The van der Waals surface area contributed by atoms with Crippen LogP contribution in [0.5, 0.6) is 0 Å². The Morgan fingerprint density at radius 1 is 1.19 bits per heavy atom. The largest absolute Gasteiger partial charge is 0.352 e. The minimum atomic E-state index is 0. The predicted octanol–water partition coefficient (Wildman–Crippen LogP) is 3.06. The van der Waals surface area contributed by atoms with Gasteiger partial charge < -0.3 is 11.1 Å². The maximum absolute atomic E-state index is 12.1. The van der Waals surface area contributed by atoms with Gasteiger partial charge in [-0.15, -0.1) is 12.4 Å². The number of halogens is 1. The van der Waals surface area contributed by atoms with E-state index in [4.69, 9.17) is 5.73 Å². The normalized spacial score (nSPS) is 16.8. The van der Waals surface area contributed by atoms with Crippen LogP contribution in [-0.4, -0.2) is 18.5 Å². The first-order valence-corrected chi connectivity index (χ1v) is 7.83. The van der Waals surface area contributed by atoms with Crippen LogP contribution in [0.3, 0.4) is 0 Å². The summed E-state index contributed by atoms with van der Waals surface area (Å²) in [5.41, 5.74) is 7.06. The maximum Gasteiger partial charge on any atom is 0.220 e. The van der Waals surface area contributed by atoms with Crippen LogP contribution in [0, 0.1) is 5.92 Å². The molecule has 1 fully saturated rings. The van der Waals surface area contributed by atoms with E-state index in [0.29, 0.717) is 18.9 Å². The van der Waals surface area contributed by atoms with Gasteiger partial charge in [0.2, 0.25) is 5.91 Å². The van der Waals surface area contributed by atoms with Crippen molar-refractivity contribution in [3.05, 3.63) is 35.9 Å². The number of carbonyl (C=O) groups is 1. The van der Waals surface area contributed by atoms with Crippen molar-refractivity contribution < 1.29 is 4.79 Å². The molecule has 21 heavy (non-hydrogen) atoms. The van der Waals surface area contributed by atoms with E-state index in [1.807, 2.05) is 18.2 Å². The molecule has 0 aromatic heterocycles. The minimum Gasteiger partial charge on any atom is -0.352 e. The molecule has 1 aliphatic carbocycles. The molecule has 0 bridgehead atoms. The molecule has 3 N–H and O–H groups in total. The Bertz CT molecular complexity index is 405. The van der Waals surface area contributed by atoms with E-state index in [9.17, 15) is 4.79 Å². The van der Waals surface area contributed by atoms with Crippen LogP contribution >= 0.6 is 12.4 Å². The van der Waals surface area contributed by atoms with Crippen molar-refractivity contribution in [1.82, 2.24) is 5.32 Å². The van der Waals surface area contributed by atoms with Gasteiger partial charge in [0.05, 0.1) is 0 Å². The molecule has 118 valence electrons. The van der Waals surface area contributed by atoms with E-state index in [1.54, 1.807) is 0 Å². The van der Waals surface area contributed by atoms with Gasteiger partial charge in [0.15, 0.2) is 0 Å². The summed E-state index contributed by atoms with van der Waals surface area (Å²) < 4.78 is 0. The van der Waals surface area contributed by atoms with Crippen molar-refractivity contribution in [2.24, 2.45) is 11.7 Å². The van der Waals surface area contributed by atoms with Crippen LogP contribution in [0.1, 0.15) is 44.1 Å². The third-order valence-corrected chi connectivity index (χ3v) is 4.30. The molecule has 0 aliphatic heterocycles. The summed E-state index contributed by atoms with van der Waals surface area (Å²) in [6.45, 7) is 0.557. The second-order valence-electron chi connectivity index (χ2n) is 5.79. The Morgan fingerprint density at radius 3 is 2.48 bits per heavy atom. The van der Waals surface area contributed by atoms with E-state index < -0.39 is 0 Å². The van der Waals surface area contributed by atoms with E-state index in [1.165, 1.54) is 37.7 Å². The summed E-state index contributed by atoms with van der Waals surface area (Å²) in [5, 5.41) is 3.14. The molecule has 1 saturated carbocycles. The van der Waals surface area contributed by atoms with Gasteiger partial charge in [-0.3, -0.25) is 4.79 Å². The molecule has 4 heteroatoms. The first-order chi connectivity index (χ1) is 9.79. The monoisotopic (exact) mass is 310 g/mol. The molecule has 1 aromatic rings. The fourth-order valence-corrected chi connectivity index (χ4v) is 3.09. The average molecular weight is 311 g/mol. The number of carbonyl (C=O) groups excluding carboxylic acids is 1. The number of rotatable bonds is 6. The van der Waals surface area contributed by atoms with Crippen LogP contribution in [0.4, 0.5) is 0 Å². The molecule has 1 aromatic carbocycles. The van der Waals surface area contributed by atoms with Gasteiger partial charge in [-0.25, -0.2) is 0 Å². The molecule has 0 spiro atoms. The molecule has 1 amide bonds. The molecule has 1 aliphatic rings.